The summed E-state index contributed by atoms with van der Waals surface area (Å²) in [5.41, 5.74) is 2.13. The molecule has 3 rings (SSSR count). The molecule has 1 aromatic heterocycles. The van der Waals surface area contributed by atoms with Gasteiger partial charge in [-0.3, -0.25) is 4.79 Å². The molecular weight excluding hydrogens is 302 g/mol. The van der Waals surface area contributed by atoms with E-state index in [1.807, 2.05) is 30.0 Å². The Morgan fingerprint density at radius 3 is 2.88 bits per heavy atom. The largest absolute Gasteiger partial charge is 0.380 e. The number of rotatable bonds is 8. The van der Waals surface area contributed by atoms with Crippen molar-refractivity contribution in [2.45, 2.75) is 45.6 Å². The van der Waals surface area contributed by atoms with Crippen molar-refractivity contribution in [3.8, 4) is 0 Å². The van der Waals surface area contributed by atoms with Crippen molar-refractivity contribution in [2.75, 3.05) is 26.3 Å². The lowest BCUT2D eigenvalue weighted by Crippen LogP contribution is -2.26. The number of ether oxygens (including phenoxy) is 1. The lowest BCUT2D eigenvalue weighted by atomic mass is 10.1. The first-order chi connectivity index (χ1) is 11.7. The van der Waals surface area contributed by atoms with Crippen LogP contribution in [-0.2, 0) is 16.1 Å². The minimum Gasteiger partial charge on any atom is -0.380 e. The molecule has 1 amide bonds. The van der Waals surface area contributed by atoms with Crippen LogP contribution in [0.3, 0.4) is 0 Å². The highest BCUT2D eigenvalue weighted by Crippen LogP contribution is 2.30. The molecule has 0 N–H and O–H groups in total. The predicted octanol–water partition coefficient (Wildman–Crippen LogP) is 3.19. The smallest absolute Gasteiger partial charge is 0.223 e. The number of imidazole rings is 1. The van der Waals surface area contributed by atoms with E-state index in [0.717, 1.165) is 49.3 Å². The summed E-state index contributed by atoms with van der Waals surface area (Å²) in [5.74, 6) is 1.48. The van der Waals surface area contributed by atoms with Gasteiger partial charge in [0.05, 0.1) is 17.6 Å². The van der Waals surface area contributed by atoms with E-state index in [1.54, 1.807) is 0 Å². The van der Waals surface area contributed by atoms with Gasteiger partial charge in [0, 0.05) is 38.6 Å². The molecule has 5 nitrogen and oxygen atoms in total. The highest BCUT2D eigenvalue weighted by Gasteiger charge is 2.33. The normalized spacial score (nSPS) is 18.0. The van der Waals surface area contributed by atoms with E-state index < -0.39 is 0 Å². The van der Waals surface area contributed by atoms with Crippen molar-refractivity contribution in [3.05, 3.63) is 30.1 Å². The number of carbonyl (C=O) groups excluding carboxylic acids is 1. The van der Waals surface area contributed by atoms with Crippen LogP contribution in [0, 0.1) is 0 Å². The third-order valence-electron chi connectivity index (χ3n) is 4.71. The number of carbonyl (C=O) groups is 1. The first kappa shape index (κ1) is 17.0. The van der Waals surface area contributed by atoms with Crippen molar-refractivity contribution in [1.29, 1.82) is 0 Å². The van der Waals surface area contributed by atoms with Crippen LogP contribution >= 0.6 is 0 Å². The van der Waals surface area contributed by atoms with Crippen LogP contribution in [0.25, 0.3) is 11.0 Å². The Labute approximate surface area is 143 Å². The van der Waals surface area contributed by atoms with E-state index in [1.165, 1.54) is 0 Å². The molecule has 1 aliphatic heterocycles. The summed E-state index contributed by atoms with van der Waals surface area (Å²) < 4.78 is 7.79. The van der Waals surface area contributed by atoms with Crippen molar-refractivity contribution in [2.24, 2.45) is 0 Å². The average Bonchev–Trinajstić information content (AvgIpc) is 3.14. The molecule has 24 heavy (non-hydrogen) atoms. The molecule has 1 fully saturated rings. The van der Waals surface area contributed by atoms with Crippen LogP contribution in [0.15, 0.2) is 24.3 Å². The molecule has 5 heteroatoms. The van der Waals surface area contributed by atoms with Crippen LogP contribution in [0.1, 0.15) is 44.9 Å². The van der Waals surface area contributed by atoms with E-state index in [4.69, 9.17) is 9.72 Å². The lowest BCUT2D eigenvalue weighted by Gasteiger charge is -2.17. The fourth-order valence-corrected chi connectivity index (χ4v) is 3.45. The maximum Gasteiger partial charge on any atom is 0.223 e. The Balaban J connectivity index is 1.85. The van der Waals surface area contributed by atoms with Gasteiger partial charge in [0.1, 0.15) is 5.82 Å². The van der Waals surface area contributed by atoms with Crippen LogP contribution in [0.2, 0.25) is 0 Å². The summed E-state index contributed by atoms with van der Waals surface area (Å²) >= 11 is 0. The van der Waals surface area contributed by atoms with Gasteiger partial charge in [0.25, 0.3) is 0 Å². The molecule has 130 valence electrons. The van der Waals surface area contributed by atoms with E-state index in [-0.39, 0.29) is 11.8 Å². The summed E-state index contributed by atoms with van der Waals surface area (Å²) in [4.78, 5) is 19.2. The highest BCUT2D eigenvalue weighted by atomic mass is 16.5. The van der Waals surface area contributed by atoms with Gasteiger partial charge in [-0.15, -0.1) is 0 Å². The van der Waals surface area contributed by atoms with Crippen molar-refractivity contribution in [1.82, 2.24) is 14.5 Å². The van der Waals surface area contributed by atoms with Gasteiger partial charge in [-0.25, -0.2) is 4.98 Å². The van der Waals surface area contributed by atoms with Gasteiger partial charge >= 0.3 is 0 Å². The molecular formula is C19H27N3O2. The Morgan fingerprint density at radius 1 is 1.25 bits per heavy atom. The molecule has 1 aliphatic rings. The number of nitrogens with zero attached hydrogens (tertiary/aromatic N) is 3. The average molecular weight is 329 g/mol. The molecule has 0 radical (unpaired) electrons. The summed E-state index contributed by atoms with van der Waals surface area (Å²) in [5, 5.41) is 0. The Bertz CT molecular complexity index is 695. The monoisotopic (exact) mass is 329 g/mol. The van der Waals surface area contributed by atoms with E-state index >= 15 is 0 Å². The molecule has 2 heterocycles. The number of unbranched alkanes of at least 4 members (excludes halogenated alkanes) is 1. The van der Waals surface area contributed by atoms with Gasteiger partial charge in [0.2, 0.25) is 5.91 Å². The second-order valence-electron chi connectivity index (χ2n) is 6.40. The number of para-hydroxylation sites is 2. The third kappa shape index (κ3) is 3.46. The second kappa shape index (κ2) is 7.79. The Morgan fingerprint density at radius 2 is 2.08 bits per heavy atom. The predicted molar refractivity (Wildman–Crippen MR) is 95.1 cm³/mol. The van der Waals surface area contributed by atoms with Gasteiger partial charge < -0.3 is 14.2 Å². The maximum absolute atomic E-state index is 12.3. The van der Waals surface area contributed by atoms with Crippen molar-refractivity contribution in [3.63, 3.8) is 0 Å². The topological polar surface area (TPSA) is 47.4 Å². The molecule has 1 aromatic carbocycles. The standard InChI is InChI=1S/C19H27N3O2/c1-3-5-10-21-14-15(13-18(21)23)19-20-16-8-6-7-9-17(16)22(19)11-12-24-4-2/h6-9,15H,3-5,10-14H2,1-2H3/t15-/m1/s1. The van der Waals surface area contributed by atoms with Crippen LogP contribution in [0.4, 0.5) is 0 Å². The Kier molecular flexibility index (Phi) is 5.51. The van der Waals surface area contributed by atoms with Crippen LogP contribution in [0.5, 0.6) is 0 Å². The number of likely N-dealkylation sites (tertiary alicyclic amines) is 1. The maximum atomic E-state index is 12.3. The Hall–Kier alpha value is -1.88. The minimum absolute atomic E-state index is 0.184. The number of amides is 1. The highest BCUT2D eigenvalue weighted by molar-refractivity contribution is 5.80. The van der Waals surface area contributed by atoms with Crippen LogP contribution < -0.4 is 0 Å². The SMILES string of the molecule is CCCCN1C[C@H](c2nc3ccccc3n2CCOCC)CC1=O. The molecule has 1 saturated heterocycles. The molecule has 0 spiro atoms. The number of fused-ring (bicyclic) bond motifs is 1. The lowest BCUT2D eigenvalue weighted by molar-refractivity contribution is -0.127. The summed E-state index contributed by atoms with van der Waals surface area (Å²) in [6, 6.07) is 8.20. The van der Waals surface area contributed by atoms with Gasteiger partial charge in [-0.05, 0) is 25.5 Å². The molecule has 0 aliphatic carbocycles. The second-order valence-corrected chi connectivity index (χ2v) is 6.40. The van der Waals surface area contributed by atoms with Gasteiger partial charge in [-0.1, -0.05) is 25.5 Å². The molecule has 0 saturated carbocycles. The summed E-state index contributed by atoms with van der Waals surface area (Å²) in [6.07, 6.45) is 2.75. The third-order valence-corrected chi connectivity index (χ3v) is 4.71. The summed E-state index contributed by atoms with van der Waals surface area (Å²) in [7, 11) is 0. The summed E-state index contributed by atoms with van der Waals surface area (Å²) in [6.45, 7) is 7.99. The van der Waals surface area contributed by atoms with Crippen molar-refractivity contribution < 1.29 is 9.53 Å². The molecule has 0 bridgehead atoms. The minimum atomic E-state index is 0.184. The first-order valence-electron chi connectivity index (χ1n) is 9.05. The van der Waals surface area contributed by atoms with E-state index in [9.17, 15) is 4.79 Å². The zero-order chi connectivity index (χ0) is 16.9. The molecule has 0 unspecified atom stereocenters. The van der Waals surface area contributed by atoms with Crippen LogP contribution in [-0.4, -0.2) is 46.7 Å². The van der Waals surface area contributed by atoms with E-state index in [2.05, 4.69) is 17.6 Å². The van der Waals surface area contributed by atoms with Gasteiger partial charge in [0.15, 0.2) is 0 Å². The van der Waals surface area contributed by atoms with Crippen molar-refractivity contribution >= 4 is 16.9 Å². The number of hydrogen-bond acceptors (Lipinski definition) is 3. The molecule has 2 aromatic rings. The fraction of sp³-hybridized carbons (Fsp3) is 0.579. The number of aromatic nitrogens is 2. The number of hydrogen-bond donors (Lipinski definition) is 0. The molecule has 1 atom stereocenters. The fourth-order valence-electron chi connectivity index (χ4n) is 3.45. The first-order valence-corrected chi connectivity index (χ1v) is 9.05. The quantitative estimate of drug-likeness (QED) is 0.699. The van der Waals surface area contributed by atoms with Gasteiger partial charge in [-0.2, -0.15) is 0 Å². The zero-order valence-electron chi connectivity index (χ0n) is 14.7. The number of benzene rings is 1. The zero-order valence-corrected chi connectivity index (χ0v) is 14.7. The van der Waals surface area contributed by atoms with E-state index in [0.29, 0.717) is 19.6 Å².